The van der Waals surface area contributed by atoms with Crippen LogP contribution < -0.4 is 5.73 Å². The van der Waals surface area contributed by atoms with Crippen LogP contribution in [-0.2, 0) is 5.41 Å². The number of hydrogen-bond acceptors (Lipinski definition) is 2. The Kier molecular flexibility index (Phi) is 4.48. The van der Waals surface area contributed by atoms with E-state index in [-0.39, 0.29) is 10.8 Å². The highest BCUT2D eigenvalue weighted by atomic mass is 16.3. The first-order valence-corrected chi connectivity index (χ1v) is 7.00. The predicted molar refractivity (Wildman–Crippen MR) is 82.4 cm³/mol. The molecule has 0 aliphatic rings. The van der Waals surface area contributed by atoms with Gasteiger partial charge < -0.3 is 10.8 Å². The normalized spacial score (nSPS) is 14.6. The highest BCUT2D eigenvalue weighted by Gasteiger charge is 2.30. The molecule has 0 fully saturated rings. The van der Waals surface area contributed by atoms with Crippen molar-refractivity contribution in [3.63, 3.8) is 0 Å². The fourth-order valence-electron chi connectivity index (χ4n) is 2.34. The van der Waals surface area contributed by atoms with Crippen molar-refractivity contribution in [2.75, 3.05) is 6.54 Å². The molecule has 1 aromatic rings. The number of aliphatic hydroxyl groups is 1. The lowest BCUT2D eigenvalue weighted by Crippen LogP contribution is -2.31. The monoisotopic (exact) mass is 263 g/mol. The fraction of sp³-hybridized carbons (Fsp3) is 0.647. The van der Waals surface area contributed by atoms with E-state index in [2.05, 4.69) is 46.8 Å². The van der Waals surface area contributed by atoms with E-state index in [1.165, 1.54) is 5.56 Å². The van der Waals surface area contributed by atoms with Gasteiger partial charge in [-0.25, -0.2) is 0 Å². The van der Waals surface area contributed by atoms with Gasteiger partial charge in [-0.2, -0.15) is 0 Å². The fourth-order valence-corrected chi connectivity index (χ4v) is 2.34. The molecule has 0 aliphatic heterocycles. The van der Waals surface area contributed by atoms with Crippen LogP contribution >= 0.6 is 0 Å². The second-order valence-electron chi connectivity index (χ2n) is 7.37. The zero-order chi connectivity index (χ0) is 15.0. The van der Waals surface area contributed by atoms with Gasteiger partial charge in [0.05, 0.1) is 6.10 Å². The average Bonchev–Trinajstić information content (AvgIpc) is 2.26. The number of hydrogen-bond donors (Lipinski definition) is 2. The van der Waals surface area contributed by atoms with E-state index in [9.17, 15) is 5.11 Å². The summed E-state index contributed by atoms with van der Waals surface area (Å²) in [5.41, 5.74) is 10.2. The van der Waals surface area contributed by atoms with E-state index in [4.69, 9.17) is 5.73 Å². The molecule has 2 heteroatoms. The topological polar surface area (TPSA) is 46.2 Å². The van der Waals surface area contributed by atoms with Crippen LogP contribution in [-0.4, -0.2) is 11.7 Å². The van der Waals surface area contributed by atoms with E-state index >= 15 is 0 Å². The molecule has 1 aromatic carbocycles. The van der Waals surface area contributed by atoms with Gasteiger partial charge in [0.25, 0.3) is 0 Å². The van der Waals surface area contributed by atoms with Crippen molar-refractivity contribution in [3.05, 3.63) is 34.4 Å². The Hall–Kier alpha value is -0.860. The highest BCUT2D eigenvalue weighted by Crippen LogP contribution is 2.37. The van der Waals surface area contributed by atoms with Crippen LogP contribution in [0.1, 0.15) is 63.0 Å². The maximum atomic E-state index is 10.6. The molecule has 0 amide bonds. The molecule has 0 aliphatic carbocycles. The SMILES string of the molecule is Cc1cc(C(C)(C)C)cc(C)c1C(O)C(C)(C)CN. The van der Waals surface area contributed by atoms with Crippen LogP contribution in [0.3, 0.4) is 0 Å². The first kappa shape index (κ1) is 16.2. The molecular formula is C17H29NO. The van der Waals surface area contributed by atoms with Gasteiger partial charge in [0, 0.05) is 12.0 Å². The van der Waals surface area contributed by atoms with Gasteiger partial charge in [-0.1, -0.05) is 46.8 Å². The number of nitrogens with two attached hydrogens (primary N) is 1. The predicted octanol–water partition coefficient (Wildman–Crippen LogP) is 3.62. The molecular weight excluding hydrogens is 234 g/mol. The van der Waals surface area contributed by atoms with Gasteiger partial charge >= 0.3 is 0 Å². The summed E-state index contributed by atoms with van der Waals surface area (Å²) in [4.78, 5) is 0. The van der Waals surface area contributed by atoms with Crippen molar-refractivity contribution >= 4 is 0 Å². The summed E-state index contributed by atoms with van der Waals surface area (Å²) in [6.45, 7) is 15.3. The molecule has 0 radical (unpaired) electrons. The van der Waals surface area contributed by atoms with Gasteiger partial charge in [-0.05, 0) is 41.5 Å². The zero-order valence-electron chi connectivity index (χ0n) is 13.5. The van der Waals surface area contributed by atoms with Gasteiger partial charge in [-0.15, -0.1) is 0 Å². The molecule has 108 valence electrons. The number of rotatable bonds is 3. The van der Waals surface area contributed by atoms with Crippen LogP contribution in [0.4, 0.5) is 0 Å². The standard InChI is InChI=1S/C17H29NO/c1-11-8-13(16(3,4)5)9-12(2)14(11)15(19)17(6,7)10-18/h8-9,15,19H,10,18H2,1-7H3. The van der Waals surface area contributed by atoms with Crippen molar-refractivity contribution < 1.29 is 5.11 Å². The molecule has 19 heavy (non-hydrogen) atoms. The molecule has 0 aromatic heterocycles. The van der Waals surface area contributed by atoms with E-state index < -0.39 is 6.10 Å². The van der Waals surface area contributed by atoms with E-state index in [0.29, 0.717) is 6.54 Å². The Morgan fingerprint density at radius 3 is 1.79 bits per heavy atom. The number of aliphatic hydroxyl groups excluding tert-OH is 1. The summed E-state index contributed by atoms with van der Waals surface area (Å²) >= 11 is 0. The molecule has 0 saturated heterocycles. The molecule has 0 spiro atoms. The lowest BCUT2D eigenvalue weighted by Gasteiger charge is -2.32. The molecule has 3 N–H and O–H groups in total. The van der Waals surface area contributed by atoms with Gasteiger partial charge in [0.1, 0.15) is 0 Å². The summed E-state index contributed by atoms with van der Waals surface area (Å²) in [6, 6.07) is 4.39. The number of aryl methyl sites for hydroxylation is 2. The average molecular weight is 263 g/mol. The van der Waals surface area contributed by atoms with Crippen LogP contribution in [0.2, 0.25) is 0 Å². The number of benzene rings is 1. The maximum absolute atomic E-state index is 10.6. The first-order chi connectivity index (χ1) is 8.50. The summed E-state index contributed by atoms with van der Waals surface area (Å²) in [5, 5.41) is 10.6. The van der Waals surface area contributed by atoms with Crippen LogP contribution in [0.15, 0.2) is 12.1 Å². The van der Waals surface area contributed by atoms with Crippen molar-refractivity contribution in [2.24, 2.45) is 11.1 Å². The van der Waals surface area contributed by atoms with Crippen LogP contribution in [0.5, 0.6) is 0 Å². The largest absolute Gasteiger partial charge is 0.388 e. The van der Waals surface area contributed by atoms with Gasteiger partial charge in [-0.3, -0.25) is 0 Å². The maximum Gasteiger partial charge on any atom is 0.0858 e. The molecule has 2 nitrogen and oxygen atoms in total. The van der Waals surface area contributed by atoms with Gasteiger partial charge in [0.15, 0.2) is 0 Å². The second-order valence-corrected chi connectivity index (χ2v) is 7.37. The Labute approximate surface area is 118 Å². The summed E-state index contributed by atoms with van der Waals surface area (Å²) < 4.78 is 0. The molecule has 0 bridgehead atoms. The molecule has 0 saturated carbocycles. The Morgan fingerprint density at radius 2 is 1.47 bits per heavy atom. The highest BCUT2D eigenvalue weighted by molar-refractivity contribution is 5.42. The zero-order valence-corrected chi connectivity index (χ0v) is 13.5. The lowest BCUT2D eigenvalue weighted by atomic mass is 9.77. The summed E-state index contributed by atoms with van der Waals surface area (Å²) in [5.74, 6) is 0. The van der Waals surface area contributed by atoms with Crippen molar-refractivity contribution in [1.29, 1.82) is 0 Å². The summed E-state index contributed by atoms with van der Waals surface area (Å²) in [7, 11) is 0. The minimum atomic E-state index is -0.522. The summed E-state index contributed by atoms with van der Waals surface area (Å²) in [6.07, 6.45) is -0.522. The minimum Gasteiger partial charge on any atom is -0.388 e. The van der Waals surface area contributed by atoms with Crippen LogP contribution in [0, 0.1) is 19.3 Å². The Balaban J connectivity index is 3.33. The van der Waals surface area contributed by atoms with Crippen molar-refractivity contribution in [3.8, 4) is 0 Å². The molecule has 1 atom stereocenters. The van der Waals surface area contributed by atoms with E-state index in [0.717, 1.165) is 16.7 Å². The Morgan fingerprint density at radius 1 is 1.05 bits per heavy atom. The second kappa shape index (κ2) is 5.26. The van der Waals surface area contributed by atoms with Crippen LogP contribution in [0.25, 0.3) is 0 Å². The molecule has 1 rings (SSSR count). The molecule has 1 unspecified atom stereocenters. The third-order valence-corrected chi connectivity index (χ3v) is 4.00. The third kappa shape index (κ3) is 3.37. The van der Waals surface area contributed by atoms with E-state index in [1.54, 1.807) is 0 Å². The minimum absolute atomic E-state index is 0.127. The third-order valence-electron chi connectivity index (χ3n) is 4.00. The van der Waals surface area contributed by atoms with Gasteiger partial charge in [0.2, 0.25) is 0 Å². The Bertz CT molecular complexity index is 432. The van der Waals surface area contributed by atoms with E-state index in [1.807, 2.05) is 13.8 Å². The quantitative estimate of drug-likeness (QED) is 0.875. The van der Waals surface area contributed by atoms with Crippen molar-refractivity contribution in [1.82, 2.24) is 0 Å². The smallest absolute Gasteiger partial charge is 0.0858 e. The van der Waals surface area contributed by atoms with Crippen molar-refractivity contribution in [2.45, 2.75) is 60.0 Å². The first-order valence-electron chi connectivity index (χ1n) is 7.00. The molecule has 0 heterocycles. The lowest BCUT2D eigenvalue weighted by molar-refractivity contribution is 0.0544.